The van der Waals surface area contributed by atoms with E-state index in [1.807, 2.05) is 60.4 Å². The SMILES string of the molecule is COc1ccc(C2(C(=O)NCCC3CCN(C(=O)Nc4ccc(C)cc4)CC3)CC2)cc1. The van der Waals surface area contributed by atoms with Gasteiger partial charge in [0.15, 0.2) is 0 Å². The molecule has 0 radical (unpaired) electrons. The van der Waals surface area contributed by atoms with Crippen molar-refractivity contribution in [3.63, 3.8) is 0 Å². The number of carbonyl (C=O) groups excluding carboxylic acids is 2. The number of urea groups is 1. The highest BCUT2D eigenvalue weighted by Gasteiger charge is 2.51. The number of piperidine rings is 1. The normalized spacial score (nSPS) is 17.5. The summed E-state index contributed by atoms with van der Waals surface area (Å²) < 4.78 is 5.22. The Morgan fingerprint density at radius 3 is 2.28 bits per heavy atom. The monoisotopic (exact) mass is 435 g/mol. The first kappa shape index (κ1) is 22.2. The molecule has 0 spiro atoms. The molecular weight excluding hydrogens is 402 g/mol. The summed E-state index contributed by atoms with van der Waals surface area (Å²) in [7, 11) is 1.65. The number of hydrogen-bond donors (Lipinski definition) is 2. The smallest absolute Gasteiger partial charge is 0.321 e. The lowest BCUT2D eigenvalue weighted by Gasteiger charge is -2.32. The summed E-state index contributed by atoms with van der Waals surface area (Å²) in [6, 6.07) is 15.7. The first-order valence-electron chi connectivity index (χ1n) is 11.6. The Morgan fingerprint density at radius 2 is 1.69 bits per heavy atom. The van der Waals surface area contributed by atoms with Crippen LogP contribution in [0.5, 0.6) is 5.75 Å². The fourth-order valence-corrected chi connectivity index (χ4v) is 4.51. The molecule has 170 valence electrons. The third-order valence-corrected chi connectivity index (χ3v) is 6.87. The zero-order valence-electron chi connectivity index (χ0n) is 19.0. The van der Waals surface area contributed by atoms with E-state index in [4.69, 9.17) is 4.74 Å². The summed E-state index contributed by atoms with van der Waals surface area (Å²) in [5.41, 5.74) is 2.72. The van der Waals surface area contributed by atoms with Gasteiger partial charge in [-0.25, -0.2) is 4.79 Å². The third-order valence-electron chi connectivity index (χ3n) is 6.87. The number of methoxy groups -OCH3 is 1. The number of hydrogen-bond acceptors (Lipinski definition) is 3. The summed E-state index contributed by atoms with van der Waals surface area (Å²) in [5.74, 6) is 1.48. The van der Waals surface area contributed by atoms with E-state index in [-0.39, 0.29) is 17.4 Å². The van der Waals surface area contributed by atoms with Crippen molar-refractivity contribution in [1.82, 2.24) is 10.2 Å². The van der Waals surface area contributed by atoms with Gasteiger partial charge >= 0.3 is 6.03 Å². The van der Waals surface area contributed by atoms with E-state index in [1.54, 1.807) is 7.11 Å². The standard InChI is InChI=1S/C26H33N3O3/c1-19-3-7-22(8-4-19)28-25(31)29-17-12-20(13-18-29)11-16-27-24(30)26(14-15-26)21-5-9-23(32-2)10-6-21/h3-10,20H,11-18H2,1-2H3,(H,27,30)(H,28,31). The highest BCUT2D eigenvalue weighted by Crippen LogP contribution is 2.48. The van der Waals surface area contributed by atoms with E-state index in [1.165, 1.54) is 5.56 Å². The Hall–Kier alpha value is -3.02. The molecule has 0 aromatic heterocycles. The van der Waals surface area contributed by atoms with Crippen molar-refractivity contribution in [3.05, 3.63) is 59.7 Å². The van der Waals surface area contributed by atoms with Gasteiger partial charge in [-0.1, -0.05) is 29.8 Å². The first-order valence-corrected chi connectivity index (χ1v) is 11.6. The number of carbonyl (C=O) groups is 2. The molecule has 6 nitrogen and oxygen atoms in total. The van der Waals surface area contributed by atoms with Gasteiger partial charge in [0.1, 0.15) is 5.75 Å². The van der Waals surface area contributed by atoms with Gasteiger partial charge in [0, 0.05) is 25.3 Å². The molecule has 2 N–H and O–H groups in total. The maximum Gasteiger partial charge on any atom is 0.321 e. The fraction of sp³-hybridized carbons (Fsp3) is 0.462. The van der Waals surface area contributed by atoms with Crippen LogP contribution >= 0.6 is 0 Å². The van der Waals surface area contributed by atoms with Crippen molar-refractivity contribution in [2.75, 3.05) is 32.1 Å². The lowest BCUT2D eigenvalue weighted by molar-refractivity contribution is -0.123. The summed E-state index contributed by atoms with van der Waals surface area (Å²) in [4.78, 5) is 27.2. The van der Waals surface area contributed by atoms with Gasteiger partial charge in [-0.3, -0.25) is 4.79 Å². The van der Waals surface area contributed by atoms with Gasteiger partial charge in [-0.15, -0.1) is 0 Å². The minimum Gasteiger partial charge on any atom is -0.497 e. The molecule has 0 unspecified atom stereocenters. The zero-order valence-corrected chi connectivity index (χ0v) is 19.0. The minimum absolute atomic E-state index is 0.0317. The molecule has 0 bridgehead atoms. The zero-order chi connectivity index (χ0) is 22.6. The average Bonchev–Trinajstić information content (AvgIpc) is 3.63. The van der Waals surface area contributed by atoms with E-state index in [2.05, 4.69) is 10.6 Å². The Labute approximate surface area is 190 Å². The highest BCUT2D eigenvalue weighted by molar-refractivity contribution is 5.91. The molecule has 2 aliphatic rings. The predicted octanol–water partition coefficient (Wildman–Crippen LogP) is 4.49. The topological polar surface area (TPSA) is 70.7 Å². The van der Waals surface area contributed by atoms with Crippen LogP contribution in [-0.4, -0.2) is 43.6 Å². The highest BCUT2D eigenvalue weighted by atomic mass is 16.5. The van der Waals surface area contributed by atoms with Crippen LogP contribution in [0.4, 0.5) is 10.5 Å². The van der Waals surface area contributed by atoms with Crippen molar-refractivity contribution < 1.29 is 14.3 Å². The fourth-order valence-electron chi connectivity index (χ4n) is 4.51. The Balaban J connectivity index is 1.18. The van der Waals surface area contributed by atoms with Crippen molar-refractivity contribution in [1.29, 1.82) is 0 Å². The molecule has 1 heterocycles. The molecule has 0 atom stereocenters. The maximum absolute atomic E-state index is 12.9. The van der Waals surface area contributed by atoms with E-state index in [0.717, 1.165) is 62.2 Å². The number of nitrogens with one attached hydrogen (secondary N) is 2. The maximum atomic E-state index is 12.9. The van der Waals surface area contributed by atoms with Crippen LogP contribution in [-0.2, 0) is 10.2 Å². The molecule has 3 amide bonds. The summed E-state index contributed by atoms with van der Waals surface area (Å²) >= 11 is 0. The minimum atomic E-state index is -0.357. The number of ether oxygens (including phenoxy) is 1. The Bertz CT molecular complexity index is 928. The summed E-state index contributed by atoms with van der Waals surface area (Å²) in [5, 5.41) is 6.15. The second-order valence-corrected chi connectivity index (χ2v) is 9.08. The van der Waals surface area contributed by atoms with Crippen LogP contribution in [0.15, 0.2) is 48.5 Å². The first-order chi connectivity index (χ1) is 15.5. The van der Waals surface area contributed by atoms with Crippen molar-refractivity contribution in [3.8, 4) is 5.75 Å². The quantitative estimate of drug-likeness (QED) is 0.673. The largest absolute Gasteiger partial charge is 0.497 e. The molecule has 1 aliphatic heterocycles. The van der Waals surface area contributed by atoms with E-state index >= 15 is 0 Å². The molecule has 1 saturated heterocycles. The third kappa shape index (κ3) is 5.06. The second-order valence-electron chi connectivity index (χ2n) is 9.08. The van der Waals surface area contributed by atoms with E-state index in [9.17, 15) is 9.59 Å². The van der Waals surface area contributed by atoms with Gasteiger partial charge in [0.05, 0.1) is 12.5 Å². The van der Waals surface area contributed by atoms with Crippen molar-refractivity contribution in [2.24, 2.45) is 5.92 Å². The molecule has 2 fully saturated rings. The number of amides is 3. The van der Waals surface area contributed by atoms with Crippen LogP contribution in [0, 0.1) is 12.8 Å². The number of benzene rings is 2. The van der Waals surface area contributed by atoms with Gasteiger partial charge in [0.25, 0.3) is 0 Å². The molecule has 1 saturated carbocycles. The Morgan fingerprint density at radius 1 is 1.03 bits per heavy atom. The van der Waals surface area contributed by atoms with E-state index < -0.39 is 0 Å². The van der Waals surface area contributed by atoms with Gasteiger partial charge in [-0.05, 0) is 74.8 Å². The molecule has 2 aromatic carbocycles. The Kier molecular flexibility index (Phi) is 6.68. The van der Waals surface area contributed by atoms with Crippen molar-refractivity contribution >= 4 is 17.6 Å². The van der Waals surface area contributed by atoms with Gasteiger partial charge < -0.3 is 20.3 Å². The molecule has 6 heteroatoms. The average molecular weight is 436 g/mol. The van der Waals surface area contributed by atoms with Gasteiger partial charge in [0.2, 0.25) is 5.91 Å². The lowest BCUT2D eigenvalue weighted by atomic mass is 9.92. The molecule has 32 heavy (non-hydrogen) atoms. The molecular formula is C26H33N3O3. The van der Waals surface area contributed by atoms with Crippen molar-refractivity contribution in [2.45, 2.75) is 44.4 Å². The molecule has 2 aromatic rings. The number of nitrogens with zero attached hydrogens (tertiary/aromatic N) is 1. The summed E-state index contributed by atoms with van der Waals surface area (Å²) in [6.45, 7) is 4.23. The predicted molar refractivity (Wildman–Crippen MR) is 126 cm³/mol. The molecule has 4 rings (SSSR count). The van der Waals surface area contributed by atoms with Crippen LogP contribution in [0.2, 0.25) is 0 Å². The number of likely N-dealkylation sites (tertiary alicyclic amines) is 1. The van der Waals surface area contributed by atoms with Gasteiger partial charge in [-0.2, -0.15) is 0 Å². The summed E-state index contributed by atoms with van der Waals surface area (Å²) in [6.07, 6.45) is 4.71. The van der Waals surface area contributed by atoms with Crippen LogP contribution in [0.1, 0.15) is 43.2 Å². The number of aryl methyl sites for hydroxylation is 1. The van der Waals surface area contributed by atoms with Crippen LogP contribution < -0.4 is 15.4 Å². The molecule has 1 aliphatic carbocycles. The van der Waals surface area contributed by atoms with Crippen LogP contribution in [0.3, 0.4) is 0 Å². The number of rotatable bonds is 7. The van der Waals surface area contributed by atoms with E-state index in [0.29, 0.717) is 12.5 Å². The van der Waals surface area contributed by atoms with Crippen LogP contribution in [0.25, 0.3) is 0 Å². The number of anilines is 1. The second kappa shape index (κ2) is 9.63. The lowest BCUT2D eigenvalue weighted by Crippen LogP contribution is -2.42.